The number of amides is 1. The van der Waals surface area contributed by atoms with Gasteiger partial charge in [-0.3, -0.25) is 4.79 Å². The molecule has 4 N–H and O–H groups in total. The molecule has 1 amide bonds. The minimum Gasteiger partial charge on any atom is -0.506 e. The second-order valence-corrected chi connectivity index (χ2v) is 5.08. The average Bonchev–Trinajstić information content (AvgIpc) is 2.64. The van der Waals surface area contributed by atoms with Crippen LogP contribution in [-0.2, 0) is 9.53 Å². The van der Waals surface area contributed by atoms with Crippen LogP contribution in [0.3, 0.4) is 0 Å². The molecule has 0 aromatic rings. The highest BCUT2D eigenvalue weighted by Crippen LogP contribution is 2.42. The van der Waals surface area contributed by atoms with E-state index in [2.05, 4.69) is 16.3 Å². The van der Waals surface area contributed by atoms with E-state index in [9.17, 15) is 20.1 Å². The van der Waals surface area contributed by atoms with Gasteiger partial charge in [0.2, 0.25) is 17.5 Å². The molecule has 0 aromatic heterocycles. The summed E-state index contributed by atoms with van der Waals surface area (Å²) in [6, 6.07) is 0. The van der Waals surface area contributed by atoms with Crippen molar-refractivity contribution in [1.29, 1.82) is 0 Å². The van der Waals surface area contributed by atoms with E-state index in [4.69, 9.17) is 27.9 Å². The molecular formula is C11H11Cl2N3O5. The topological polar surface area (TPSA) is 115 Å². The average molecular weight is 336 g/mol. The van der Waals surface area contributed by atoms with Crippen molar-refractivity contribution < 1.29 is 24.9 Å². The smallest absolute Gasteiger partial charge is 0.267 e. The summed E-state index contributed by atoms with van der Waals surface area (Å²) < 4.78 is 5.34. The molecule has 0 bridgehead atoms. The lowest BCUT2D eigenvalue weighted by Crippen LogP contribution is -2.58. The Morgan fingerprint density at radius 2 is 2.33 bits per heavy atom. The third-order valence-electron chi connectivity index (χ3n) is 2.84. The number of rotatable bonds is 2. The predicted octanol–water partition coefficient (Wildman–Crippen LogP) is -0.636. The van der Waals surface area contributed by atoms with Gasteiger partial charge in [0, 0.05) is 5.38 Å². The van der Waals surface area contributed by atoms with Gasteiger partial charge in [0.15, 0.2) is 11.5 Å². The molecule has 2 rings (SSSR count). The number of nitrogens with one attached hydrogen (secondary N) is 1. The zero-order chi connectivity index (χ0) is 15.8. The van der Waals surface area contributed by atoms with Crippen molar-refractivity contribution in [2.45, 2.75) is 30.5 Å². The van der Waals surface area contributed by atoms with E-state index in [1.807, 2.05) is 5.38 Å². The molecule has 4 atom stereocenters. The number of carbonyl (C=O) groups is 1. The zero-order valence-corrected chi connectivity index (χ0v) is 12.1. The van der Waals surface area contributed by atoms with Gasteiger partial charge in [0.25, 0.3) is 5.91 Å². The molecule has 10 heteroatoms. The molecule has 8 nitrogen and oxygen atoms in total. The van der Waals surface area contributed by atoms with E-state index in [-0.39, 0.29) is 5.76 Å². The first-order valence-corrected chi connectivity index (χ1v) is 6.47. The maximum atomic E-state index is 11.1. The van der Waals surface area contributed by atoms with Crippen molar-refractivity contribution in [3.05, 3.63) is 11.5 Å². The van der Waals surface area contributed by atoms with Crippen molar-refractivity contribution in [1.82, 2.24) is 10.3 Å². The first-order chi connectivity index (χ1) is 9.81. The molecule has 0 spiro atoms. The molecular weight excluding hydrogens is 325 g/mol. The quantitative estimate of drug-likeness (QED) is 0.394. The molecule has 0 saturated carbocycles. The summed E-state index contributed by atoms with van der Waals surface area (Å²) in [5.74, 6) is 0.942. The summed E-state index contributed by atoms with van der Waals surface area (Å²) in [6.07, 6.45) is -3.16. The Morgan fingerprint density at radius 3 is 2.86 bits per heavy atom. The van der Waals surface area contributed by atoms with Crippen LogP contribution in [0.15, 0.2) is 16.6 Å². The third-order valence-corrected chi connectivity index (χ3v) is 3.39. The van der Waals surface area contributed by atoms with E-state index in [0.29, 0.717) is 0 Å². The highest BCUT2D eigenvalue weighted by molar-refractivity contribution is 6.33. The van der Waals surface area contributed by atoms with Crippen LogP contribution >= 0.6 is 23.2 Å². The standard InChI is InChI=1S/C11H11Cl2N3O5/c1-5(17)7-8(19)11(13,2-3-12)9(21-7)16-10(20)15-6(18)4-14-16/h4-5,9-10,17,19-20H,1H3,(H,15,18)/t5-,9+,10?,11?/m0/s1. The summed E-state index contributed by atoms with van der Waals surface area (Å²) in [4.78, 5) is 9.22. The van der Waals surface area contributed by atoms with Gasteiger partial charge in [-0.1, -0.05) is 11.6 Å². The van der Waals surface area contributed by atoms with Crippen LogP contribution in [0.1, 0.15) is 6.92 Å². The summed E-state index contributed by atoms with van der Waals surface area (Å²) in [6.45, 7) is 1.34. The Bertz CT molecular complexity index is 582. The van der Waals surface area contributed by atoms with E-state index in [1.165, 1.54) is 6.92 Å². The second kappa shape index (κ2) is 5.61. The van der Waals surface area contributed by atoms with E-state index in [0.717, 1.165) is 11.2 Å². The molecule has 2 aliphatic rings. The van der Waals surface area contributed by atoms with Crippen molar-refractivity contribution in [2.24, 2.45) is 5.10 Å². The Labute approximate surface area is 129 Å². The lowest BCUT2D eigenvalue weighted by atomic mass is 10.1. The van der Waals surface area contributed by atoms with Crippen LogP contribution in [0, 0.1) is 11.3 Å². The molecule has 114 valence electrons. The van der Waals surface area contributed by atoms with Gasteiger partial charge in [0.1, 0.15) is 12.3 Å². The number of hydrogen-bond donors (Lipinski definition) is 4. The minimum absolute atomic E-state index is 0.228. The van der Waals surface area contributed by atoms with Crippen LogP contribution in [0.25, 0.3) is 0 Å². The summed E-state index contributed by atoms with van der Waals surface area (Å²) in [5, 5.41) is 38.2. The molecule has 0 aromatic carbocycles. The van der Waals surface area contributed by atoms with Crippen LogP contribution in [0.5, 0.6) is 0 Å². The van der Waals surface area contributed by atoms with Crippen LogP contribution in [0.2, 0.25) is 0 Å². The van der Waals surface area contributed by atoms with Crippen molar-refractivity contribution >= 4 is 35.3 Å². The number of halogens is 2. The first kappa shape index (κ1) is 15.7. The normalized spacial score (nSPS) is 33.2. The predicted molar refractivity (Wildman–Crippen MR) is 72.9 cm³/mol. The second-order valence-electron chi connectivity index (χ2n) is 4.30. The van der Waals surface area contributed by atoms with Crippen molar-refractivity contribution in [3.63, 3.8) is 0 Å². The largest absolute Gasteiger partial charge is 0.506 e. The lowest BCUT2D eigenvalue weighted by Gasteiger charge is -2.36. The maximum absolute atomic E-state index is 11.1. The Balaban J connectivity index is 2.42. The number of carbonyl (C=O) groups excluding carboxylic acids is 1. The monoisotopic (exact) mass is 335 g/mol. The molecule has 21 heavy (non-hydrogen) atoms. The minimum atomic E-state index is -1.87. The van der Waals surface area contributed by atoms with Crippen molar-refractivity contribution in [2.75, 3.05) is 0 Å². The summed E-state index contributed by atoms with van der Waals surface area (Å²) >= 11 is 11.6. The number of nitrogens with zero attached hydrogens (tertiary/aromatic N) is 2. The number of ether oxygens (including phenoxy) is 1. The fourth-order valence-electron chi connectivity index (χ4n) is 1.88. The molecule has 0 fully saturated rings. The fraction of sp³-hybridized carbons (Fsp3) is 0.455. The highest BCUT2D eigenvalue weighted by Gasteiger charge is 2.55. The molecule has 2 aliphatic heterocycles. The Morgan fingerprint density at radius 1 is 1.67 bits per heavy atom. The molecule has 0 aliphatic carbocycles. The highest BCUT2D eigenvalue weighted by atomic mass is 35.5. The number of aliphatic hydroxyl groups is 3. The van der Waals surface area contributed by atoms with Gasteiger partial charge in [-0.05, 0) is 24.4 Å². The van der Waals surface area contributed by atoms with Gasteiger partial charge < -0.3 is 25.4 Å². The maximum Gasteiger partial charge on any atom is 0.267 e. The van der Waals surface area contributed by atoms with Crippen LogP contribution < -0.4 is 5.32 Å². The summed E-state index contributed by atoms with van der Waals surface area (Å²) in [7, 11) is 0. The number of alkyl halides is 1. The van der Waals surface area contributed by atoms with E-state index >= 15 is 0 Å². The lowest BCUT2D eigenvalue weighted by molar-refractivity contribution is -0.145. The van der Waals surface area contributed by atoms with E-state index in [1.54, 1.807) is 0 Å². The van der Waals surface area contributed by atoms with Gasteiger partial charge in [0.05, 0.1) is 0 Å². The number of hydrogen-bond acceptors (Lipinski definition) is 7. The van der Waals surface area contributed by atoms with Crippen molar-refractivity contribution in [3.8, 4) is 11.3 Å². The third kappa shape index (κ3) is 2.61. The van der Waals surface area contributed by atoms with Crippen LogP contribution in [0.4, 0.5) is 0 Å². The van der Waals surface area contributed by atoms with Gasteiger partial charge in [-0.25, -0.2) is 5.01 Å². The molecule has 0 radical (unpaired) electrons. The van der Waals surface area contributed by atoms with Crippen LogP contribution in [-0.4, -0.2) is 56.0 Å². The van der Waals surface area contributed by atoms with Gasteiger partial charge in [-0.2, -0.15) is 5.10 Å². The number of aliphatic hydroxyl groups excluding tert-OH is 3. The Hall–Kier alpha value is -1.66. The Kier molecular flexibility index (Phi) is 4.20. The molecule has 2 heterocycles. The molecule has 0 saturated heterocycles. The summed E-state index contributed by atoms with van der Waals surface area (Å²) in [5.41, 5.74) is 0. The zero-order valence-electron chi connectivity index (χ0n) is 10.6. The number of hydrazone groups is 1. The van der Waals surface area contributed by atoms with Gasteiger partial charge in [-0.15, -0.1) is 0 Å². The van der Waals surface area contributed by atoms with Gasteiger partial charge >= 0.3 is 0 Å². The molecule has 2 unspecified atom stereocenters. The van der Waals surface area contributed by atoms with E-state index < -0.39 is 35.2 Å². The SMILES string of the molecule is C[C@H](O)C1=C(O)C(Cl)(C#CCl)[C@H](N2N=CC(=O)NC2O)O1. The first-order valence-electron chi connectivity index (χ1n) is 5.72. The fourth-order valence-corrected chi connectivity index (χ4v) is 2.36.